The van der Waals surface area contributed by atoms with E-state index in [1.807, 2.05) is 0 Å². The highest BCUT2D eigenvalue weighted by Gasteiger charge is 2.17. The summed E-state index contributed by atoms with van der Waals surface area (Å²) in [5.74, 6) is 0.00610. The fourth-order valence-corrected chi connectivity index (χ4v) is 0.918. The van der Waals surface area contributed by atoms with Gasteiger partial charge in [-0.25, -0.2) is 4.79 Å². The van der Waals surface area contributed by atoms with E-state index in [9.17, 15) is 4.79 Å². The van der Waals surface area contributed by atoms with Crippen molar-refractivity contribution in [3.8, 4) is 11.5 Å². The fraction of sp³-hybridized carbons (Fsp3) is 0.200. The molecule has 0 radical (unpaired) electrons. The quantitative estimate of drug-likeness (QED) is 0.246. The largest absolute Gasteiger partial charge is 0.493 e. The first-order valence-electron chi connectivity index (χ1n) is 4.23. The van der Waals surface area contributed by atoms with Gasteiger partial charge in [-0.2, -0.15) is 4.79 Å². The molecule has 0 atom stereocenters. The van der Waals surface area contributed by atoms with Crippen molar-refractivity contribution in [1.82, 2.24) is 0 Å². The third kappa shape index (κ3) is 2.65. The second kappa shape index (κ2) is 4.93. The zero-order valence-electron chi connectivity index (χ0n) is 8.43. The van der Waals surface area contributed by atoms with Gasteiger partial charge >= 0.3 is 11.7 Å². The standard InChI is InChI=1S/C10H10N2O3/c1-7(12-11)10(13)15-9-6-4-3-5-8(9)14-2/h3-6H,1-2H3. The van der Waals surface area contributed by atoms with Gasteiger partial charge in [-0.1, -0.05) is 12.1 Å². The van der Waals surface area contributed by atoms with E-state index < -0.39 is 5.97 Å². The Hall–Kier alpha value is -2.13. The van der Waals surface area contributed by atoms with Crippen LogP contribution in [-0.2, 0) is 4.79 Å². The van der Waals surface area contributed by atoms with E-state index in [0.29, 0.717) is 5.75 Å². The van der Waals surface area contributed by atoms with Crippen LogP contribution in [0.15, 0.2) is 24.3 Å². The van der Waals surface area contributed by atoms with Crippen LogP contribution in [0.25, 0.3) is 5.53 Å². The predicted molar refractivity (Wildman–Crippen MR) is 52.9 cm³/mol. The molecule has 78 valence electrons. The summed E-state index contributed by atoms with van der Waals surface area (Å²) in [6.45, 7) is 1.34. The van der Waals surface area contributed by atoms with Gasteiger partial charge in [0, 0.05) is 6.92 Å². The van der Waals surface area contributed by atoms with Crippen molar-refractivity contribution in [2.24, 2.45) is 0 Å². The maximum atomic E-state index is 11.2. The summed E-state index contributed by atoms with van der Waals surface area (Å²) < 4.78 is 9.91. The van der Waals surface area contributed by atoms with E-state index in [-0.39, 0.29) is 11.5 Å². The zero-order valence-corrected chi connectivity index (χ0v) is 8.43. The Kier molecular flexibility index (Phi) is 3.60. The predicted octanol–water partition coefficient (Wildman–Crippen LogP) is 1.29. The summed E-state index contributed by atoms with van der Waals surface area (Å²) in [6.07, 6.45) is 0. The van der Waals surface area contributed by atoms with Gasteiger partial charge < -0.3 is 15.0 Å². The number of hydrogen-bond acceptors (Lipinski definition) is 3. The molecular weight excluding hydrogens is 196 g/mol. The molecule has 0 unspecified atom stereocenters. The minimum absolute atomic E-state index is 0.124. The third-order valence-corrected chi connectivity index (χ3v) is 1.72. The number of rotatable bonds is 3. The van der Waals surface area contributed by atoms with Gasteiger partial charge in [0.1, 0.15) is 0 Å². The van der Waals surface area contributed by atoms with Crippen molar-refractivity contribution in [1.29, 1.82) is 0 Å². The topological polar surface area (TPSA) is 71.9 Å². The number of esters is 1. The van der Waals surface area contributed by atoms with Gasteiger partial charge in [0.05, 0.1) is 7.11 Å². The number of hydrogen-bond donors (Lipinski definition) is 0. The minimum Gasteiger partial charge on any atom is -0.493 e. The van der Waals surface area contributed by atoms with E-state index in [2.05, 4.69) is 4.79 Å². The van der Waals surface area contributed by atoms with Crippen LogP contribution in [0.3, 0.4) is 0 Å². The summed E-state index contributed by atoms with van der Waals surface area (Å²) in [5.41, 5.74) is 8.24. The van der Waals surface area contributed by atoms with Crippen LogP contribution in [0, 0.1) is 0 Å². The molecule has 0 saturated heterocycles. The molecule has 0 aliphatic carbocycles. The van der Waals surface area contributed by atoms with Crippen molar-refractivity contribution in [3.05, 3.63) is 29.8 Å². The van der Waals surface area contributed by atoms with Crippen LogP contribution < -0.4 is 9.47 Å². The van der Waals surface area contributed by atoms with Crippen LogP contribution in [0.2, 0.25) is 0 Å². The monoisotopic (exact) mass is 206 g/mol. The molecule has 0 amide bonds. The Bertz CT molecular complexity index is 422. The first-order valence-corrected chi connectivity index (χ1v) is 4.23. The highest BCUT2D eigenvalue weighted by molar-refractivity contribution is 6.33. The third-order valence-electron chi connectivity index (χ3n) is 1.72. The molecule has 0 aliphatic heterocycles. The van der Waals surface area contributed by atoms with Crippen LogP contribution in [-0.4, -0.2) is 23.6 Å². The molecule has 1 aromatic rings. The lowest BCUT2D eigenvalue weighted by Gasteiger charge is -2.05. The van der Waals surface area contributed by atoms with Gasteiger partial charge in [-0.05, 0) is 12.1 Å². The van der Waals surface area contributed by atoms with Crippen LogP contribution in [0.1, 0.15) is 6.92 Å². The summed E-state index contributed by atoms with van der Waals surface area (Å²) in [5, 5.41) is 0. The van der Waals surface area contributed by atoms with Gasteiger partial charge in [0.15, 0.2) is 11.5 Å². The summed E-state index contributed by atoms with van der Waals surface area (Å²) in [6, 6.07) is 6.70. The number of carbonyl (C=O) groups excluding carboxylic acids is 1. The van der Waals surface area contributed by atoms with E-state index in [1.54, 1.807) is 24.3 Å². The number of methoxy groups -OCH3 is 1. The summed E-state index contributed by atoms with van der Waals surface area (Å²) in [4.78, 5) is 14.0. The Morgan fingerprint density at radius 2 is 1.93 bits per heavy atom. The van der Waals surface area contributed by atoms with E-state index >= 15 is 0 Å². The minimum atomic E-state index is -0.720. The lowest BCUT2D eigenvalue weighted by molar-refractivity contribution is -0.131. The second-order valence-electron chi connectivity index (χ2n) is 2.73. The molecule has 0 heterocycles. The highest BCUT2D eigenvalue weighted by atomic mass is 16.6. The maximum absolute atomic E-state index is 11.2. The first kappa shape index (κ1) is 10.9. The molecule has 15 heavy (non-hydrogen) atoms. The average molecular weight is 206 g/mol. The van der Waals surface area contributed by atoms with E-state index in [1.165, 1.54) is 14.0 Å². The Morgan fingerprint density at radius 3 is 2.47 bits per heavy atom. The Labute approximate surface area is 86.9 Å². The number of nitrogens with zero attached hydrogens (tertiary/aromatic N) is 2. The van der Waals surface area contributed by atoms with E-state index in [4.69, 9.17) is 15.0 Å². The number of carbonyl (C=O) groups is 1. The van der Waals surface area contributed by atoms with Gasteiger partial charge in [0.2, 0.25) is 0 Å². The SMILES string of the molecule is COc1ccccc1OC(=O)C(C)=[N+]=[N-]. The normalized spacial score (nSPS) is 8.93. The maximum Gasteiger partial charge on any atom is 0.422 e. The molecule has 0 aromatic heterocycles. The van der Waals surface area contributed by atoms with Crippen LogP contribution in [0.5, 0.6) is 11.5 Å². The molecule has 0 aliphatic rings. The lowest BCUT2D eigenvalue weighted by Crippen LogP contribution is -2.18. The van der Waals surface area contributed by atoms with Crippen LogP contribution in [0.4, 0.5) is 0 Å². The summed E-state index contributed by atoms with van der Waals surface area (Å²) in [7, 11) is 1.47. The van der Waals surface area contributed by atoms with Crippen molar-refractivity contribution in [2.75, 3.05) is 7.11 Å². The Balaban J connectivity index is 2.90. The second-order valence-corrected chi connectivity index (χ2v) is 2.73. The molecule has 0 bridgehead atoms. The molecular formula is C10H10N2O3. The molecule has 5 heteroatoms. The molecule has 0 N–H and O–H groups in total. The van der Waals surface area contributed by atoms with E-state index in [0.717, 1.165) is 0 Å². The smallest absolute Gasteiger partial charge is 0.422 e. The van der Waals surface area contributed by atoms with Crippen molar-refractivity contribution < 1.29 is 19.1 Å². The van der Waals surface area contributed by atoms with Gasteiger partial charge in [-0.15, -0.1) is 0 Å². The molecule has 1 rings (SSSR count). The molecule has 0 fully saturated rings. The lowest BCUT2D eigenvalue weighted by atomic mass is 10.3. The molecule has 0 spiro atoms. The van der Waals surface area contributed by atoms with Gasteiger partial charge in [-0.3, -0.25) is 0 Å². The molecule has 1 aromatic carbocycles. The fourth-order valence-electron chi connectivity index (χ4n) is 0.918. The van der Waals surface area contributed by atoms with Crippen molar-refractivity contribution in [3.63, 3.8) is 0 Å². The van der Waals surface area contributed by atoms with Crippen molar-refractivity contribution >= 4 is 11.7 Å². The molecule has 0 saturated carbocycles. The first-order chi connectivity index (χ1) is 7.19. The van der Waals surface area contributed by atoms with Crippen LogP contribution >= 0.6 is 0 Å². The number of benzene rings is 1. The molecule has 5 nitrogen and oxygen atoms in total. The highest BCUT2D eigenvalue weighted by Crippen LogP contribution is 2.25. The zero-order chi connectivity index (χ0) is 11.3. The summed E-state index contributed by atoms with van der Waals surface area (Å²) >= 11 is 0. The van der Waals surface area contributed by atoms with Crippen molar-refractivity contribution in [2.45, 2.75) is 6.92 Å². The number of ether oxygens (including phenoxy) is 2. The van der Waals surface area contributed by atoms with Gasteiger partial charge in [0.25, 0.3) is 0 Å². The average Bonchev–Trinajstić information content (AvgIpc) is 2.28. The Morgan fingerprint density at radius 1 is 1.33 bits per heavy atom. The number of para-hydroxylation sites is 2.